The summed E-state index contributed by atoms with van der Waals surface area (Å²) in [4.78, 5) is 34.4. The zero-order chi connectivity index (χ0) is 69.8. The predicted molar refractivity (Wildman–Crippen MR) is 388 cm³/mol. The van der Waals surface area contributed by atoms with E-state index in [0.29, 0.717) is 44.0 Å². The number of aliphatic hydroxyl groups excluding tert-OH is 4. The average molecular weight is 1380 g/mol. The van der Waals surface area contributed by atoms with E-state index < -0.39 is 34.0 Å². The number of aliphatic carboxylic acids is 1. The maximum absolute atomic E-state index is 11.9. The van der Waals surface area contributed by atoms with Crippen LogP contribution in [0.4, 0.5) is 0 Å². The van der Waals surface area contributed by atoms with Crippen molar-refractivity contribution in [3.63, 3.8) is 0 Å². The molecule has 3 saturated heterocycles. The first-order valence-corrected chi connectivity index (χ1v) is 33.0. The van der Waals surface area contributed by atoms with Crippen LogP contribution in [0.25, 0.3) is 0 Å². The van der Waals surface area contributed by atoms with E-state index in [-0.39, 0.29) is 113 Å². The van der Waals surface area contributed by atoms with Crippen molar-refractivity contribution in [1.82, 2.24) is 0 Å². The number of benzene rings is 2. The molecule has 0 bridgehead atoms. The fourth-order valence-corrected chi connectivity index (χ4v) is 8.13. The Morgan fingerprint density at radius 2 is 1.00 bits per heavy atom. The molecule has 5 aliphatic heterocycles. The summed E-state index contributed by atoms with van der Waals surface area (Å²) < 4.78 is 48.5. The Bertz CT molecular complexity index is 2400. The van der Waals surface area contributed by atoms with Gasteiger partial charge in [0.1, 0.15) is 41.2 Å². The average Bonchev–Trinajstić information content (AvgIpc) is 1.74. The van der Waals surface area contributed by atoms with Gasteiger partial charge in [-0.1, -0.05) is 131 Å². The maximum atomic E-state index is 11.9. The zero-order valence-corrected chi connectivity index (χ0v) is 61.3. The number of unbranched alkanes of at least 4 members (excludes halogenated alkanes) is 3. The SMILES string of the molecule is C.C.C=CC1(C)CO1.C=CCCCO.C=CCCCO[C@](C)(C=C)CO.C=CCCCO[C@](C)(C=C)COC(=O)c1ccccc1.C[C@]1(C(=O)O)CCCCCO1.C[C@]1(CO)C=CCCCO1.C[C@]1(CO)CCCCCO1.C[C@]1(COC(=O)c2ccccc2)C=CCCCO1.[Na+].[OH-]. The van der Waals surface area contributed by atoms with Gasteiger partial charge in [0.15, 0.2) is 5.60 Å². The van der Waals surface area contributed by atoms with Crippen LogP contribution >= 0.6 is 0 Å². The molecule has 7 atom stereocenters. The van der Waals surface area contributed by atoms with Gasteiger partial charge in [-0.25, -0.2) is 14.4 Å². The summed E-state index contributed by atoms with van der Waals surface area (Å²) in [7, 11) is 0. The topological polar surface area (TPSA) is 269 Å². The van der Waals surface area contributed by atoms with E-state index in [1.54, 1.807) is 61.5 Å². The first-order valence-electron chi connectivity index (χ1n) is 33.0. The fourth-order valence-electron chi connectivity index (χ4n) is 8.13. The van der Waals surface area contributed by atoms with Gasteiger partial charge in [-0.05, 0) is 169 Å². The van der Waals surface area contributed by atoms with Crippen LogP contribution in [0.5, 0.6) is 0 Å². The van der Waals surface area contributed by atoms with E-state index in [9.17, 15) is 14.4 Å². The van der Waals surface area contributed by atoms with E-state index >= 15 is 0 Å². The second kappa shape index (κ2) is 59.0. The van der Waals surface area contributed by atoms with Gasteiger partial charge in [-0.3, -0.25) is 0 Å². The largest absolute Gasteiger partial charge is 1.00 e. The van der Waals surface area contributed by atoms with Gasteiger partial charge in [-0.15, -0.1) is 39.5 Å². The molecule has 0 aliphatic carbocycles. The molecule has 2 aromatic rings. The first kappa shape index (κ1) is 101. The summed E-state index contributed by atoms with van der Waals surface area (Å²) in [6.07, 6.45) is 36.6. The Morgan fingerprint density at radius 3 is 1.41 bits per heavy atom. The minimum Gasteiger partial charge on any atom is -0.870 e. The van der Waals surface area contributed by atoms with E-state index in [2.05, 4.69) is 51.6 Å². The van der Waals surface area contributed by atoms with E-state index in [4.69, 9.17) is 68.2 Å². The van der Waals surface area contributed by atoms with Crippen molar-refractivity contribution in [2.75, 3.05) is 85.9 Å². The van der Waals surface area contributed by atoms with Crippen molar-refractivity contribution >= 4 is 17.9 Å². The summed E-state index contributed by atoms with van der Waals surface area (Å²) in [5.41, 5.74) is -2.17. The third kappa shape index (κ3) is 49.5. The number of carbonyl (C=O) groups excluding carboxylic acids is 2. The molecule has 19 heteroatoms. The van der Waals surface area contributed by atoms with Crippen molar-refractivity contribution in [2.45, 2.75) is 218 Å². The Balaban J connectivity index is -0.000000340. The van der Waals surface area contributed by atoms with E-state index in [1.807, 2.05) is 96.2 Å². The zero-order valence-electron chi connectivity index (χ0n) is 59.3. The molecule has 0 saturated carbocycles. The third-order valence-electron chi connectivity index (χ3n) is 15.2. The smallest absolute Gasteiger partial charge is 0.870 e. The maximum Gasteiger partial charge on any atom is 1.00 e. The van der Waals surface area contributed by atoms with Crippen LogP contribution < -0.4 is 29.6 Å². The molecule has 97 heavy (non-hydrogen) atoms. The number of carboxylic acids is 1. The van der Waals surface area contributed by atoms with Gasteiger partial charge in [0.2, 0.25) is 0 Å². The van der Waals surface area contributed by atoms with Gasteiger partial charge < -0.3 is 73.6 Å². The molecule has 5 aliphatic rings. The number of epoxide rings is 1. The van der Waals surface area contributed by atoms with Crippen LogP contribution in [0.15, 0.2) is 161 Å². The molecule has 18 nitrogen and oxygen atoms in total. The quantitative estimate of drug-likeness (QED) is 0.0193. The van der Waals surface area contributed by atoms with Crippen molar-refractivity contribution in [3.8, 4) is 0 Å². The summed E-state index contributed by atoms with van der Waals surface area (Å²) in [5.74, 6) is -1.49. The summed E-state index contributed by atoms with van der Waals surface area (Å²) >= 11 is 0. The van der Waals surface area contributed by atoms with Crippen molar-refractivity contribution in [3.05, 3.63) is 172 Å². The number of esters is 2. The summed E-state index contributed by atoms with van der Waals surface area (Å²) in [6, 6.07) is 17.9. The number of aliphatic hydroxyl groups is 4. The van der Waals surface area contributed by atoms with Crippen molar-refractivity contribution < 1.29 is 118 Å². The molecule has 2 aromatic carbocycles. The van der Waals surface area contributed by atoms with Crippen LogP contribution in [0.2, 0.25) is 0 Å². The number of carboxylic acid groups (broad SMARTS) is 1. The molecule has 3 fully saturated rings. The molecule has 7 rings (SSSR count). The molecule has 0 spiro atoms. The number of hydrogen-bond donors (Lipinski definition) is 5. The standard InChI is InChI=1S/C17H22O3.C15H18O3.C10H18O2.C8H14O3.C8H16O2.C8H14O2.C5H8O.C5H10O.2CH4.Na.H2O/c1-4-6-10-13-20-17(3,5-2)14-19-16(18)15-11-8-7-9-12-15;1-15(10-6-3-7-11-18-15)12-17-14(16)13-8-4-2-5-9-13;1-4-6-7-8-12-10(3,5-2)9-11;1-8(7(9)10)5-3-2-4-6-11-8;2*1-8(7-9)5-3-2-4-6-10-8;1-3-5(2)4-6-5;1-2-3-4-5-6;;;;/h4-5,7-9,11-12H,1-2,6,10,13-14H2,3H3;2,4-6,8-10H,3,7,11-12H2,1H3;4-5,11H,1-2,6-9H2,3H3;2-6H2,1H3,(H,9,10);9H,2-7H2,1H3;3,5,9H,2,4,6-7H2,1H3;3H,1,4H2,2H3;2,6H,1,3-5H2;2*1H4;;1H2/q;;;;;;;;;;+1;/p-1/t17-;15-;10-;3*8-;;;;;;/m111111....../s1. The van der Waals surface area contributed by atoms with Crippen LogP contribution in [-0.2, 0) is 47.4 Å². The molecule has 0 radical (unpaired) electrons. The second-order valence-electron chi connectivity index (χ2n) is 24.6. The second-order valence-corrected chi connectivity index (χ2v) is 24.6. The Labute approximate surface area is 607 Å². The molecular weight excluding hydrogens is 1250 g/mol. The first-order chi connectivity index (χ1) is 44.4. The minimum atomic E-state index is -0.920. The van der Waals surface area contributed by atoms with Crippen molar-refractivity contribution in [1.29, 1.82) is 0 Å². The van der Waals surface area contributed by atoms with Crippen LogP contribution in [0, 0.1) is 0 Å². The number of hydrogen-bond acceptors (Lipinski definition) is 17. The van der Waals surface area contributed by atoms with Gasteiger partial charge in [0.05, 0.1) is 43.2 Å². The molecule has 6 N–H and O–H groups in total. The Hall–Kier alpha value is -4.71. The number of rotatable bonds is 26. The summed E-state index contributed by atoms with van der Waals surface area (Å²) in [6.45, 7) is 40.6. The van der Waals surface area contributed by atoms with Crippen molar-refractivity contribution in [2.24, 2.45) is 0 Å². The van der Waals surface area contributed by atoms with E-state index in [1.165, 1.54) is 12.8 Å². The molecule has 0 aromatic heterocycles. The van der Waals surface area contributed by atoms with Crippen LogP contribution in [0.3, 0.4) is 0 Å². The molecule has 1 unspecified atom stereocenters. The Morgan fingerprint density at radius 1 is 0.557 bits per heavy atom. The molecule has 550 valence electrons. The fraction of sp³-hybridized carbons (Fsp3) is 0.603. The van der Waals surface area contributed by atoms with Crippen LogP contribution in [-0.4, -0.2) is 174 Å². The third-order valence-corrected chi connectivity index (χ3v) is 15.2. The monoisotopic (exact) mass is 1380 g/mol. The normalized spacial score (nSPS) is 22.9. The predicted octanol–water partition coefficient (Wildman–Crippen LogP) is 12.5. The number of ether oxygens (including phenoxy) is 9. The summed E-state index contributed by atoms with van der Waals surface area (Å²) in [5, 5.41) is 43.7. The minimum absolute atomic E-state index is 0. The molecular formula is C78H129NaO18. The number of carbonyl (C=O) groups is 3. The van der Waals surface area contributed by atoms with Crippen LogP contribution in [0.1, 0.15) is 200 Å². The van der Waals surface area contributed by atoms with Gasteiger partial charge >= 0.3 is 47.5 Å². The molecule has 5 heterocycles. The number of allylic oxidation sites excluding steroid dienone is 5. The van der Waals surface area contributed by atoms with Gasteiger partial charge in [-0.2, -0.15) is 0 Å². The molecule has 0 amide bonds. The van der Waals surface area contributed by atoms with Gasteiger partial charge in [0.25, 0.3) is 0 Å². The Kier molecular flexibility index (Phi) is 61.4. The van der Waals surface area contributed by atoms with E-state index in [0.717, 1.165) is 116 Å². The van der Waals surface area contributed by atoms with Gasteiger partial charge in [0, 0.05) is 46.2 Å².